The van der Waals surface area contributed by atoms with Gasteiger partial charge in [0.15, 0.2) is 22.9 Å². The van der Waals surface area contributed by atoms with Crippen molar-refractivity contribution in [3.05, 3.63) is 45.4 Å². The van der Waals surface area contributed by atoms with Crippen LogP contribution in [-0.4, -0.2) is 42.3 Å². The Morgan fingerprint density at radius 1 is 0.963 bits per heavy atom. The highest BCUT2D eigenvalue weighted by Crippen LogP contribution is 2.42. The van der Waals surface area contributed by atoms with Crippen LogP contribution in [0.2, 0.25) is 0 Å². The summed E-state index contributed by atoms with van der Waals surface area (Å²) in [5.74, 6) is 1.49. The number of benzene rings is 1. The first-order valence-electron chi connectivity index (χ1n) is 8.49. The average Bonchev–Trinajstić information content (AvgIpc) is 3.05. The van der Waals surface area contributed by atoms with Crippen molar-refractivity contribution in [1.29, 1.82) is 0 Å². The van der Waals surface area contributed by atoms with Gasteiger partial charge in [-0.3, -0.25) is 19.8 Å². The van der Waals surface area contributed by atoms with Gasteiger partial charge in [-0.15, -0.1) is 0 Å². The van der Waals surface area contributed by atoms with E-state index in [1.54, 1.807) is 27.4 Å². The Morgan fingerprint density at radius 2 is 1.67 bits per heavy atom. The quantitative estimate of drug-likeness (QED) is 0.730. The second-order valence-corrected chi connectivity index (χ2v) is 6.44. The summed E-state index contributed by atoms with van der Waals surface area (Å²) in [6.07, 6.45) is 0.893. The molecule has 0 bridgehead atoms. The molecule has 1 aliphatic carbocycles. The molecule has 4 rings (SSSR count). The average molecular weight is 369 g/mol. The third-order valence-electron chi connectivity index (χ3n) is 4.97. The maximum atomic E-state index is 12.7. The van der Waals surface area contributed by atoms with Gasteiger partial charge in [0.25, 0.3) is 5.56 Å². The summed E-state index contributed by atoms with van der Waals surface area (Å²) in [5.41, 5.74) is 2.27. The molecule has 0 saturated heterocycles. The van der Waals surface area contributed by atoms with Gasteiger partial charge in [-0.25, -0.2) is 4.98 Å². The van der Waals surface area contributed by atoms with Crippen LogP contribution >= 0.6 is 0 Å². The van der Waals surface area contributed by atoms with Crippen LogP contribution in [0.1, 0.15) is 34.0 Å². The zero-order valence-corrected chi connectivity index (χ0v) is 15.2. The van der Waals surface area contributed by atoms with Crippen LogP contribution in [0.15, 0.2) is 23.0 Å². The number of H-pyrrole nitrogens is 2. The topological polar surface area (TPSA) is 106 Å². The Bertz CT molecular complexity index is 1070. The van der Waals surface area contributed by atoms with Crippen molar-refractivity contribution < 1.29 is 19.0 Å². The Hall–Kier alpha value is -3.29. The van der Waals surface area contributed by atoms with E-state index in [1.165, 1.54) is 0 Å². The number of carbonyl (C=O) groups is 1. The number of nitrogens with one attached hydrogen (secondary N) is 2. The number of hydrogen-bond donors (Lipinski definition) is 2. The SMILES string of the molecule is COc1cc([C@@H]2CC(=O)c3cc4c(=O)[nH][nH]c4nc3C2)cc(OC)c1OC. The third kappa shape index (κ3) is 2.73. The molecule has 0 saturated carbocycles. The van der Waals surface area contributed by atoms with E-state index in [9.17, 15) is 9.59 Å². The van der Waals surface area contributed by atoms with E-state index in [2.05, 4.69) is 15.2 Å². The van der Waals surface area contributed by atoms with E-state index < -0.39 is 0 Å². The number of Topliss-reactive ketones (excluding diaryl/α,β-unsaturated/α-hetero) is 1. The van der Waals surface area contributed by atoms with Crippen LogP contribution in [0.5, 0.6) is 17.2 Å². The van der Waals surface area contributed by atoms with E-state index in [0.717, 1.165) is 5.56 Å². The molecular weight excluding hydrogens is 350 g/mol. The Morgan fingerprint density at radius 3 is 2.30 bits per heavy atom. The number of ketones is 1. The van der Waals surface area contributed by atoms with Crippen molar-refractivity contribution in [2.24, 2.45) is 0 Å². The van der Waals surface area contributed by atoms with E-state index in [4.69, 9.17) is 14.2 Å². The van der Waals surface area contributed by atoms with Gasteiger partial charge in [0.1, 0.15) is 0 Å². The standard InChI is InChI=1S/C19H19N3O5/c1-25-15-6-10(7-16(26-2)17(15)27-3)9-4-13-11(14(23)5-9)8-12-18(20-13)21-22-19(12)24/h6-9H,4-5H2,1-3H3,(H2,20,21,22,24)/t9-/m0/s1. The number of ether oxygens (including phenoxy) is 3. The smallest absolute Gasteiger partial charge is 0.273 e. The van der Waals surface area contributed by atoms with Crippen LogP contribution < -0.4 is 19.8 Å². The molecular formula is C19H19N3O5. The van der Waals surface area contributed by atoms with Gasteiger partial charge in [-0.1, -0.05) is 0 Å². The van der Waals surface area contributed by atoms with Gasteiger partial charge >= 0.3 is 0 Å². The second kappa shape index (κ2) is 6.46. The fourth-order valence-corrected chi connectivity index (χ4v) is 3.61. The molecule has 0 unspecified atom stereocenters. The predicted molar refractivity (Wildman–Crippen MR) is 98.2 cm³/mol. The van der Waals surface area contributed by atoms with Crippen molar-refractivity contribution >= 4 is 16.8 Å². The minimum Gasteiger partial charge on any atom is -0.493 e. The number of hydrogen-bond acceptors (Lipinski definition) is 6. The predicted octanol–water partition coefficient (Wildman–Crippen LogP) is 2.19. The zero-order valence-electron chi connectivity index (χ0n) is 15.2. The molecule has 0 fully saturated rings. The first kappa shape index (κ1) is 17.1. The van der Waals surface area contributed by atoms with Gasteiger partial charge in [0.05, 0.1) is 32.4 Å². The molecule has 8 nitrogen and oxygen atoms in total. The molecule has 1 aliphatic rings. The van der Waals surface area contributed by atoms with Crippen molar-refractivity contribution in [2.45, 2.75) is 18.8 Å². The largest absolute Gasteiger partial charge is 0.493 e. The van der Waals surface area contributed by atoms with Crippen LogP contribution in [0.3, 0.4) is 0 Å². The molecule has 140 valence electrons. The number of rotatable bonds is 4. The van der Waals surface area contributed by atoms with Crippen molar-refractivity contribution in [3.63, 3.8) is 0 Å². The van der Waals surface area contributed by atoms with E-state index in [0.29, 0.717) is 52.4 Å². The fourth-order valence-electron chi connectivity index (χ4n) is 3.61. The number of aromatic amines is 2. The van der Waals surface area contributed by atoms with Crippen molar-refractivity contribution in [2.75, 3.05) is 21.3 Å². The first-order chi connectivity index (χ1) is 13.0. The maximum absolute atomic E-state index is 12.7. The molecule has 0 amide bonds. The molecule has 0 aliphatic heterocycles. The lowest BCUT2D eigenvalue weighted by Crippen LogP contribution is -2.20. The number of aromatic nitrogens is 3. The van der Waals surface area contributed by atoms with Gasteiger partial charge in [-0.2, -0.15) is 0 Å². The first-order valence-corrected chi connectivity index (χ1v) is 8.49. The summed E-state index contributed by atoms with van der Waals surface area (Å²) < 4.78 is 16.2. The van der Waals surface area contributed by atoms with Crippen LogP contribution in [0.4, 0.5) is 0 Å². The number of nitrogens with zero attached hydrogens (tertiary/aromatic N) is 1. The van der Waals surface area contributed by atoms with Gasteiger partial charge in [-0.05, 0) is 36.1 Å². The maximum Gasteiger partial charge on any atom is 0.273 e. The molecule has 2 heterocycles. The molecule has 27 heavy (non-hydrogen) atoms. The molecule has 3 aromatic rings. The fraction of sp³-hybridized carbons (Fsp3) is 0.316. The lowest BCUT2D eigenvalue weighted by molar-refractivity contribution is 0.0963. The second-order valence-electron chi connectivity index (χ2n) is 6.44. The Kier molecular flexibility index (Phi) is 4.10. The summed E-state index contributed by atoms with van der Waals surface area (Å²) >= 11 is 0. The lowest BCUT2D eigenvalue weighted by atomic mass is 9.81. The molecule has 2 aromatic heterocycles. The number of fused-ring (bicyclic) bond motifs is 2. The molecule has 0 radical (unpaired) electrons. The van der Waals surface area contributed by atoms with Gasteiger partial charge < -0.3 is 14.2 Å². The van der Waals surface area contributed by atoms with E-state index >= 15 is 0 Å². The number of carbonyl (C=O) groups excluding carboxylic acids is 1. The Balaban J connectivity index is 1.78. The number of methoxy groups -OCH3 is 3. The van der Waals surface area contributed by atoms with Crippen molar-refractivity contribution in [1.82, 2.24) is 15.2 Å². The molecule has 0 spiro atoms. The van der Waals surface area contributed by atoms with Crippen LogP contribution in [-0.2, 0) is 6.42 Å². The molecule has 1 aromatic carbocycles. The number of pyridine rings is 1. The van der Waals surface area contributed by atoms with Crippen LogP contribution in [0.25, 0.3) is 11.0 Å². The molecule has 8 heteroatoms. The minimum atomic E-state index is -0.278. The summed E-state index contributed by atoms with van der Waals surface area (Å²) in [6, 6.07) is 5.35. The summed E-state index contributed by atoms with van der Waals surface area (Å²) in [5, 5.41) is 5.64. The monoisotopic (exact) mass is 369 g/mol. The van der Waals surface area contributed by atoms with Crippen LogP contribution in [0, 0.1) is 0 Å². The normalized spacial score (nSPS) is 16.3. The van der Waals surface area contributed by atoms with Gasteiger partial charge in [0.2, 0.25) is 5.75 Å². The lowest BCUT2D eigenvalue weighted by Gasteiger charge is -2.24. The molecule has 1 atom stereocenters. The van der Waals surface area contributed by atoms with Gasteiger partial charge in [0, 0.05) is 12.0 Å². The summed E-state index contributed by atoms with van der Waals surface area (Å²) in [4.78, 5) is 29.0. The summed E-state index contributed by atoms with van der Waals surface area (Å²) in [6.45, 7) is 0. The highest BCUT2D eigenvalue weighted by atomic mass is 16.5. The highest BCUT2D eigenvalue weighted by molar-refractivity contribution is 6.01. The Labute approximate surface area is 154 Å². The summed E-state index contributed by atoms with van der Waals surface area (Å²) in [7, 11) is 4.67. The third-order valence-corrected chi connectivity index (χ3v) is 4.97. The van der Waals surface area contributed by atoms with Crippen molar-refractivity contribution in [3.8, 4) is 17.2 Å². The van der Waals surface area contributed by atoms with E-state index in [1.807, 2.05) is 12.1 Å². The highest BCUT2D eigenvalue weighted by Gasteiger charge is 2.30. The minimum absolute atomic E-state index is 0.0370. The zero-order chi connectivity index (χ0) is 19.1. The molecule has 2 N–H and O–H groups in total. The van der Waals surface area contributed by atoms with E-state index in [-0.39, 0.29) is 17.3 Å².